The maximum Gasteiger partial charge on any atom is 0.376 e. The van der Waals surface area contributed by atoms with E-state index in [1.165, 1.54) is 11.1 Å². The lowest BCUT2D eigenvalue weighted by Gasteiger charge is -2.15. The summed E-state index contributed by atoms with van der Waals surface area (Å²) in [5.41, 5.74) is 3.91. The van der Waals surface area contributed by atoms with E-state index in [-0.39, 0.29) is 18.0 Å². The minimum atomic E-state index is -0.723. The van der Waals surface area contributed by atoms with Gasteiger partial charge >= 0.3 is 5.97 Å². The fourth-order valence-electron chi connectivity index (χ4n) is 2.98. The van der Waals surface area contributed by atoms with Crippen molar-refractivity contribution >= 4 is 29.2 Å². The Hall–Kier alpha value is -4.63. The maximum absolute atomic E-state index is 13.0. The zero-order valence-corrected chi connectivity index (χ0v) is 17.3. The normalized spacial score (nSPS) is 14.8. The third kappa shape index (κ3) is 5.35. The molecule has 4 rings (SSSR count). The highest BCUT2D eigenvalue weighted by Gasteiger charge is 2.30. The molecule has 1 aliphatic rings. The predicted octanol–water partition coefficient (Wildman–Crippen LogP) is 2.35. The number of amides is 2. The Balaban J connectivity index is 1.66. The predicted molar refractivity (Wildman–Crippen MR) is 121 cm³/mol. The van der Waals surface area contributed by atoms with Crippen molar-refractivity contribution in [3.05, 3.63) is 108 Å². The summed E-state index contributed by atoms with van der Waals surface area (Å²) in [4.78, 5) is 51.0. The molecule has 2 N–H and O–H groups in total. The molecule has 0 saturated carbocycles. The number of carbonyl (C=O) groups excluding carboxylic acids is 3. The van der Waals surface area contributed by atoms with E-state index in [1.54, 1.807) is 79.1 Å². The van der Waals surface area contributed by atoms with Gasteiger partial charge in [0, 0.05) is 30.6 Å². The highest BCUT2D eigenvalue weighted by atomic mass is 16.7. The summed E-state index contributed by atoms with van der Waals surface area (Å²) in [7, 11) is 0. The number of aliphatic imine (C=N–C) groups is 1. The molecule has 0 atom stereocenters. The number of para-hydroxylation sites is 1. The second-order valence-electron chi connectivity index (χ2n) is 6.89. The average molecular weight is 441 g/mol. The van der Waals surface area contributed by atoms with Crippen molar-refractivity contribution in [2.75, 3.05) is 5.01 Å². The van der Waals surface area contributed by atoms with Gasteiger partial charge in [0.25, 0.3) is 11.8 Å². The van der Waals surface area contributed by atoms with Gasteiger partial charge in [-0.05, 0) is 35.9 Å². The molecule has 1 fully saturated rings. The molecule has 2 heterocycles. The molecule has 0 radical (unpaired) electrons. The summed E-state index contributed by atoms with van der Waals surface area (Å²) in [6, 6.07) is 20.8. The maximum atomic E-state index is 13.0. The van der Waals surface area contributed by atoms with Crippen molar-refractivity contribution in [3.63, 3.8) is 0 Å². The number of aromatic nitrogens is 1. The molecular weight excluding hydrogens is 422 g/mol. The summed E-state index contributed by atoms with van der Waals surface area (Å²) in [5.74, 6) is -1.98. The van der Waals surface area contributed by atoms with Crippen LogP contribution in [0.3, 0.4) is 0 Å². The number of rotatable bonds is 6. The molecule has 164 valence electrons. The Labute approximate surface area is 189 Å². The van der Waals surface area contributed by atoms with Crippen LogP contribution in [0.5, 0.6) is 0 Å². The third-order valence-corrected chi connectivity index (χ3v) is 4.62. The van der Waals surface area contributed by atoms with Gasteiger partial charge in [-0.3, -0.25) is 14.6 Å². The first kappa shape index (κ1) is 21.6. The second-order valence-corrected chi connectivity index (χ2v) is 6.89. The van der Waals surface area contributed by atoms with Gasteiger partial charge < -0.3 is 10.2 Å². The van der Waals surface area contributed by atoms with Gasteiger partial charge in [0.15, 0.2) is 5.70 Å². The summed E-state index contributed by atoms with van der Waals surface area (Å²) < 4.78 is 0. The molecule has 3 aromatic rings. The van der Waals surface area contributed by atoms with Crippen LogP contribution in [0.2, 0.25) is 0 Å². The molecule has 1 aliphatic heterocycles. The minimum absolute atomic E-state index is 0.00246. The van der Waals surface area contributed by atoms with Crippen molar-refractivity contribution in [1.82, 2.24) is 15.9 Å². The minimum Gasteiger partial charge on any atom is -0.347 e. The van der Waals surface area contributed by atoms with Crippen LogP contribution in [-0.4, -0.2) is 28.5 Å². The van der Waals surface area contributed by atoms with E-state index in [2.05, 4.69) is 20.9 Å². The van der Waals surface area contributed by atoms with Crippen LogP contribution in [0.4, 0.5) is 5.69 Å². The molecule has 9 nitrogen and oxygen atoms in total. The molecule has 0 bridgehead atoms. The topological polar surface area (TPSA) is 113 Å². The molecule has 0 spiro atoms. The van der Waals surface area contributed by atoms with Crippen molar-refractivity contribution < 1.29 is 19.2 Å². The fourth-order valence-corrected chi connectivity index (χ4v) is 2.98. The highest BCUT2D eigenvalue weighted by Crippen LogP contribution is 2.21. The standard InChI is InChI=1S/C24H19N5O4/c30-22(18-9-3-1-4-10-18)27-20(23(31)26-16-17-8-7-13-25-15-17)14-21-24(32)33-28-29(21)19-11-5-2-6-12-19/h1-15,28H,16H2,(H,26,31)/b21-14+,27-20?. The number of hydrazine groups is 1. The number of pyridine rings is 1. The molecule has 2 aromatic carbocycles. The molecule has 33 heavy (non-hydrogen) atoms. The molecule has 0 unspecified atom stereocenters. The van der Waals surface area contributed by atoms with Crippen molar-refractivity contribution in [2.45, 2.75) is 6.54 Å². The van der Waals surface area contributed by atoms with Crippen LogP contribution in [-0.2, 0) is 21.0 Å². The fraction of sp³-hybridized carbons (Fsp3) is 0.0417. The molecular formula is C24H19N5O4. The summed E-state index contributed by atoms with van der Waals surface area (Å²) in [5, 5.41) is 4.06. The number of hydrogen-bond donors (Lipinski definition) is 2. The quantitative estimate of drug-likeness (QED) is 0.446. The Morgan fingerprint density at radius 3 is 2.45 bits per heavy atom. The van der Waals surface area contributed by atoms with E-state index < -0.39 is 17.8 Å². The van der Waals surface area contributed by atoms with E-state index in [1.807, 2.05) is 6.07 Å². The zero-order chi connectivity index (χ0) is 23.0. The lowest BCUT2D eigenvalue weighted by molar-refractivity contribution is -0.140. The molecule has 9 heteroatoms. The summed E-state index contributed by atoms with van der Waals surface area (Å²) in [6.45, 7) is 0.166. The number of nitrogens with one attached hydrogen (secondary N) is 2. The van der Waals surface area contributed by atoms with Crippen molar-refractivity contribution in [2.24, 2.45) is 4.99 Å². The first-order chi connectivity index (χ1) is 16.1. The van der Waals surface area contributed by atoms with Gasteiger partial charge in [-0.2, -0.15) is 0 Å². The summed E-state index contributed by atoms with van der Waals surface area (Å²) >= 11 is 0. The van der Waals surface area contributed by atoms with Crippen LogP contribution in [0.15, 0.2) is 102 Å². The monoisotopic (exact) mass is 441 g/mol. The SMILES string of the molecule is O=C(NCc1cccnc1)C(/C=C1\C(=O)ONN1c1ccccc1)=NC(=O)c1ccccc1. The highest BCUT2D eigenvalue weighted by molar-refractivity contribution is 6.45. The van der Waals surface area contributed by atoms with Crippen LogP contribution < -0.4 is 15.9 Å². The lowest BCUT2D eigenvalue weighted by Crippen LogP contribution is -2.33. The number of nitrogens with zero attached hydrogens (tertiary/aromatic N) is 3. The Kier molecular flexibility index (Phi) is 6.62. The molecule has 2 amide bonds. The Bertz CT molecular complexity index is 1210. The zero-order valence-electron chi connectivity index (χ0n) is 17.3. The molecule has 0 aliphatic carbocycles. The summed E-state index contributed by atoms with van der Waals surface area (Å²) in [6.07, 6.45) is 4.45. The van der Waals surface area contributed by atoms with E-state index in [0.717, 1.165) is 5.56 Å². The second kappa shape index (κ2) is 10.1. The van der Waals surface area contributed by atoms with Gasteiger partial charge in [0.1, 0.15) is 5.71 Å². The van der Waals surface area contributed by atoms with E-state index in [0.29, 0.717) is 11.3 Å². The first-order valence-electron chi connectivity index (χ1n) is 10.0. The largest absolute Gasteiger partial charge is 0.376 e. The van der Waals surface area contributed by atoms with Crippen molar-refractivity contribution in [3.8, 4) is 0 Å². The van der Waals surface area contributed by atoms with E-state index >= 15 is 0 Å². The Morgan fingerprint density at radius 2 is 1.76 bits per heavy atom. The average Bonchev–Trinajstić information content (AvgIpc) is 3.23. The van der Waals surface area contributed by atoms with Gasteiger partial charge in [-0.15, -0.1) is 0 Å². The van der Waals surface area contributed by atoms with Crippen LogP contribution in [0.25, 0.3) is 0 Å². The molecule has 1 saturated heterocycles. The Morgan fingerprint density at radius 1 is 1.03 bits per heavy atom. The first-order valence-corrected chi connectivity index (χ1v) is 10.0. The van der Waals surface area contributed by atoms with Gasteiger partial charge in [0.05, 0.1) is 5.69 Å². The van der Waals surface area contributed by atoms with E-state index in [4.69, 9.17) is 4.84 Å². The van der Waals surface area contributed by atoms with Gasteiger partial charge in [-0.1, -0.05) is 48.1 Å². The molecule has 1 aromatic heterocycles. The smallest absolute Gasteiger partial charge is 0.347 e. The number of hydrogen-bond acceptors (Lipinski definition) is 7. The van der Waals surface area contributed by atoms with Gasteiger partial charge in [0.2, 0.25) is 0 Å². The van der Waals surface area contributed by atoms with Gasteiger partial charge in [-0.25, -0.2) is 14.8 Å². The van der Waals surface area contributed by atoms with Crippen molar-refractivity contribution in [1.29, 1.82) is 0 Å². The van der Waals surface area contributed by atoms with E-state index in [9.17, 15) is 14.4 Å². The number of benzene rings is 2. The third-order valence-electron chi connectivity index (χ3n) is 4.62. The number of carbonyl (C=O) groups is 3. The lowest BCUT2D eigenvalue weighted by atomic mass is 10.2. The van der Waals surface area contributed by atoms with Crippen LogP contribution in [0.1, 0.15) is 15.9 Å². The number of anilines is 1. The van der Waals surface area contributed by atoms with Crippen LogP contribution >= 0.6 is 0 Å². The van der Waals surface area contributed by atoms with Crippen LogP contribution in [0, 0.1) is 0 Å².